The first-order valence-electron chi connectivity index (χ1n) is 8.38. The number of benzene rings is 2. The fourth-order valence-corrected chi connectivity index (χ4v) is 3.82. The van der Waals surface area contributed by atoms with Crippen LogP contribution in [0, 0.1) is 19.7 Å². The predicted molar refractivity (Wildman–Crippen MR) is 107 cm³/mol. The summed E-state index contributed by atoms with van der Waals surface area (Å²) in [6, 6.07) is 8.17. The summed E-state index contributed by atoms with van der Waals surface area (Å²) >= 11 is 0. The summed E-state index contributed by atoms with van der Waals surface area (Å²) in [4.78, 5) is 0.236. The van der Waals surface area contributed by atoms with Crippen LogP contribution < -0.4 is 10.5 Å². The zero-order valence-corrected chi connectivity index (χ0v) is 16.5. The van der Waals surface area contributed by atoms with Crippen LogP contribution in [0.15, 0.2) is 35.2 Å². The number of nitrogen functional groups attached to an aromatic ring is 1. The molecule has 26 heavy (non-hydrogen) atoms. The van der Waals surface area contributed by atoms with Crippen molar-refractivity contribution in [1.82, 2.24) is 4.72 Å². The highest BCUT2D eigenvalue weighted by Crippen LogP contribution is 2.30. The number of aryl methyl sites for hydroxylation is 2. The van der Waals surface area contributed by atoms with Crippen molar-refractivity contribution in [3.63, 3.8) is 0 Å². The van der Waals surface area contributed by atoms with Gasteiger partial charge in [0.15, 0.2) is 0 Å². The van der Waals surface area contributed by atoms with Crippen LogP contribution in [-0.4, -0.2) is 14.5 Å². The van der Waals surface area contributed by atoms with Gasteiger partial charge in [-0.2, -0.15) is 0 Å². The van der Waals surface area contributed by atoms with E-state index in [2.05, 4.69) is 4.72 Å². The van der Waals surface area contributed by atoms with E-state index >= 15 is 0 Å². The molecule has 0 saturated heterocycles. The molecule has 0 unspecified atom stereocenters. The second-order valence-electron chi connectivity index (χ2n) is 6.79. The van der Waals surface area contributed by atoms with E-state index in [-0.39, 0.29) is 16.8 Å². The highest BCUT2D eigenvalue weighted by molar-refractivity contribution is 7.93. The van der Waals surface area contributed by atoms with E-state index in [1.807, 2.05) is 26.0 Å². The summed E-state index contributed by atoms with van der Waals surface area (Å²) in [7, 11) is -3.52. The molecule has 0 amide bonds. The zero-order chi connectivity index (χ0) is 19.6. The Morgan fingerprint density at radius 1 is 1.12 bits per heavy atom. The average Bonchev–Trinajstić information content (AvgIpc) is 2.49. The second-order valence-corrected chi connectivity index (χ2v) is 8.68. The van der Waals surface area contributed by atoms with E-state index in [1.165, 1.54) is 6.07 Å². The van der Waals surface area contributed by atoms with Crippen molar-refractivity contribution in [1.29, 1.82) is 0 Å². The number of hydrogen-bond donors (Lipinski definition) is 2. The smallest absolute Gasteiger partial charge is 0.236 e. The SMILES string of the molecule is CC(=Cc1cc(C)c(-c2ccc(N)cc2F)cc1C)S(=O)(=O)NC(C)C. The number of hydrogen-bond acceptors (Lipinski definition) is 3. The Hall–Kier alpha value is -2.18. The van der Waals surface area contributed by atoms with Crippen molar-refractivity contribution < 1.29 is 12.8 Å². The molecule has 0 atom stereocenters. The number of rotatable bonds is 5. The maximum atomic E-state index is 14.3. The second kappa shape index (κ2) is 7.60. The molecule has 0 spiro atoms. The molecule has 0 heterocycles. The van der Waals surface area contributed by atoms with Gasteiger partial charge < -0.3 is 5.73 Å². The molecule has 0 aliphatic carbocycles. The van der Waals surface area contributed by atoms with E-state index in [9.17, 15) is 12.8 Å². The molecule has 2 rings (SSSR count). The van der Waals surface area contributed by atoms with Gasteiger partial charge in [-0.15, -0.1) is 0 Å². The molecule has 0 radical (unpaired) electrons. The molecule has 0 saturated carbocycles. The lowest BCUT2D eigenvalue weighted by atomic mass is 9.94. The van der Waals surface area contributed by atoms with Crippen LogP contribution in [0.1, 0.15) is 37.5 Å². The molecule has 140 valence electrons. The van der Waals surface area contributed by atoms with Gasteiger partial charge in [-0.05, 0) is 81.1 Å². The van der Waals surface area contributed by atoms with Gasteiger partial charge in [-0.25, -0.2) is 17.5 Å². The minimum absolute atomic E-state index is 0.179. The minimum atomic E-state index is -3.52. The molecule has 6 heteroatoms. The largest absolute Gasteiger partial charge is 0.399 e. The summed E-state index contributed by atoms with van der Waals surface area (Å²) < 4.78 is 41.4. The van der Waals surface area contributed by atoms with Crippen LogP contribution in [0.25, 0.3) is 17.2 Å². The lowest BCUT2D eigenvalue weighted by Gasteiger charge is -2.13. The van der Waals surface area contributed by atoms with Gasteiger partial charge in [-0.3, -0.25) is 0 Å². The van der Waals surface area contributed by atoms with Gasteiger partial charge in [0.1, 0.15) is 5.82 Å². The maximum Gasteiger partial charge on any atom is 0.236 e. The van der Waals surface area contributed by atoms with Crippen LogP contribution in [0.3, 0.4) is 0 Å². The Bertz CT molecular complexity index is 964. The highest BCUT2D eigenvalue weighted by Gasteiger charge is 2.16. The predicted octanol–water partition coefficient (Wildman–Crippen LogP) is 4.38. The van der Waals surface area contributed by atoms with Crippen LogP contribution >= 0.6 is 0 Å². The summed E-state index contributed by atoms with van der Waals surface area (Å²) in [6.45, 7) is 8.86. The van der Waals surface area contributed by atoms with Crippen molar-refractivity contribution in [3.8, 4) is 11.1 Å². The summed E-state index contributed by atoms with van der Waals surface area (Å²) in [5.74, 6) is -0.379. The van der Waals surface area contributed by atoms with Crippen LogP contribution in [0.4, 0.5) is 10.1 Å². The number of allylic oxidation sites excluding steroid dienone is 1. The van der Waals surface area contributed by atoms with E-state index in [0.717, 1.165) is 22.3 Å². The number of nitrogens with one attached hydrogen (secondary N) is 1. The molecule has 0 bridgehead atoms. The molecule has 2 aromatic rings. The third kappa shape index (κ3) is 4.51. The van der Waals surface area contributed by atoms with E-state index < -0.39 is 10.0 Å². The normalized spacial score (nSPS) is 12.7. The van der Waals surface area contributed by atoms with E-state index in [1.54, 1.807) is 39.0 Å². The van der Waals surface area contributed by atoms with Gasteiger partial charge >= 0.3 is 0 Å². The molecule has 0 aromatic heterocycles. The Morgan fingerprint density at radius 3 is 2.35 bits per heavy atom. The van der Waals surface area contributed by atoms with Gasteiger partial charge in [0.2, 0.25) is 10.0 Å². The Kier molecular flexibility index (Phi) is 5.88. The Balaban J connectivity index is 2.49. The Labute approximate surface area is 155 Å². The number of nitrogens with two attached hydrogens (primary N) is 1. The molecular weight excluding hydrogens is 351 g/mol. The van der Waals surface area contributed by atoms with Gasteiger partial charge in [0.05, 0.1) is 4.91 Å². The standard InChI is InChI=1S/C20H25FN2O2S/c1-12(2)23-26(24,25)15(5)10-16-8-14(4)19(9-13(16)3)18-7-6-17(22)11-20(18)21/h6-12,23H,22H2,1-5H3. The first-order chi connectivity index (χ1) is 12.0. The minimum Gasteiger partial charge on any atom is -0.399 e. The van der Waals surface area contributed by atoms with Crippen molar-refractivity contribution in [2.75, 3.05) is 5.73 Å². The third-order valence-corrected chi connectivity index (χ3v) is 5.82. The number of anilines is 1. The fourth-order valence-electron chi connectivity index (χ4n) is 2.73. The van der Waals surface area contributed by atoms with Crippen molar-refractivity contribution in [2.45, 2.75) is 40.7 Å². The lowest BCUT2D eigenvalue weighted by molar-refractivity contribution is 0.576. The monoisotopic (exact) mass is 376 g/mol. The van der Waals surface area contributed by atoms with E-state index in [0.29, 0.717) is 11.3 Å². The van der Waals surface area contributed by atoms with Crippen LogP contribution in [0.2, 0.25) is 0 Å². The molecular formula is C20H25FN2O2S. The molecule has 0 fully saturated rings. The van der Waals surface area contributed by atoms with Crippen molar-refractivity contribution in [3.05, 3.63) is 57.7 Å². The summed E-state index contributed by atoms with van der Waals surface area (Å²) in [5, 5.41) is 0. The lowest BCUT2D eigenvalue weighted by Crippen LogP contribution is -2.30. The quantitative estimate of drug-likeness (QED) is 0.761. The Morgan fingerprint density at radius 2 is 1.77 bits per heavy atom. The maximum absolute atomic E-state index is 14.3. The zero-order valence-electron chi connectivity index (χ0n) is 15.7. The van der Waals surface area contributed by atoms with Gasteiger partial charge in [0, 0.05) is 17.3 Å². The fraction of sp³-hybridized carbons (Fsp3) is 0.300. The molecule has 4 nitrogen and oxygen atoms in total. The summed E-state index contributed by atoms with van der Waals surface area (Å²) in [6.07, 6.45) is 1.64. The average molecular weight is 376 g/mol. The van der Waals surface area contributed by atoms with Gasteiger partial charge in [0.25, 0.3) is 0 Å². The molecule has 2 aromatic carbocycles. The van der Waals surface area contributed by atoms with Crippen LogP contribution in [0.5, 0.6) is 0 Å². The van der Waals surface area contributed by atoms with Gasteiger partial charge in [-0.1, -0.05) is 12.1 Å². The molecule has 0 aliphatic rings. The first-order valence-corrected chi connectivity index (χ1v) is 9.87. The highest BCUT2D eigenvalue weighted by atomic mass is 32.2. The van der Waals surface area contributed by atoms with Crippen molar-refractivity contribution in [2.24, 2.45) is 0 Å². The van der Waals surface area contributed by atoms with Crippen LogP contribution in [-0.2, 0) is 10.0 Å². The first kappa shape index (κ1) is 20.1. The number of halogens is 1. The third-order valence-electron chi connectivity index (χ3n) is 4.07. The van der Waals surface area contributed by atoms with E-state index in [4.69, 9.17) is 5.73 Å². The number of sulfonamides is 1. The van der Waals surface area contributed by atoms with Crippen molar-refractivity contribution >= 4 is 21.8 Å². The topological polar surface area (TPSA) is 72.2 Å². The summed E-state index contributed by atoms with van der Waals surface area (Å²) in [5.41, 5.74) is 9.73. The molecule has 0 aliphatic heterocycles. The molecule has 3 N–H and O–H groups in total.